The first-order chi connectivity index (χ1) is 23.1. The van der Waals surface area contributed by atoms with Crippen molar-refractivity contribution in [1.82, 2.24) is 15.1 Å². The maximum atomic E-state index is 13.8. The fraction of sp³-hybridized carbons (Fsp3) is 0.359. The molecule has 5 nitrogen and oxygen atoms in total. The lowest BCUT2D eigenvalue weighted by atomic mass is 9.82. The topological polar surface area (TPSA) is 44.8 Å². The predicted molar refractivity (Wildman–Crippen MR) is 185 cm³/mol. The van der Waals surface area contributed by atoms with Crippen molar-refractivity contribution < 1.29 is 22.7 Å². The molecular formula is C39H43ClF3N3O2. The normalized spacial score (nSPS) is 14.0. The van der Waals surface area contributed by atoms with Gasteiger partial charge in [-0.05, 0) is 79.7 Å². The fourth-order valence-electron chi connectivity index (χ4n) is 6.44. The third-order valence-electron chi connectivity index (χ3n) is 9.10. The Kier molecular flexibility index (Phi) is 12.2. The molecule has 48 heavy (non-hydrogen) atoms. The Morgan fingerprint density at radius 2 is 1.54 bits per heavy atom. The van der Waals surface area contributed by atoms with Crippen molar-refractivity contribution >= 4 is 17.5 Å². The number of benzene rings is 4. The quantitative estimate of drug-likeness (QED) is 0.129. The van der Waals surface area contributed by atoms with Crippen LogP contribution in [0.5, 0.6) is 5.75 Å². The number of ether oxygens (including phenoxy) is 1. The average molecular weight is 678 g/mol. The molecule has 4 aromatic rings. The maximum Gasteiger partial charge on any atom is 0.417 e. The molecule has 0 unspecified atom stereocenters. The Morgan fingerprint density at radius 1 is 0.896 bits per heavy atom. The van der Waals surface area contributed by atoms with Crippen LogP contribution in [0, 0.1) is 0 Å². The predicted octanol–water partition coefficient (Wildman–Crippen LogP) is 8.35. The highest BCUT2D eigenvalue weighted by Crippen LogP contribution is 2.40. The molecule has 0 atom stereocenters. The van der Waals surface area contributed by atoms with Gasteiger partial charge in [0.25, 0.3) is 0 Å². The molecule has 9 heteroatoms. The summed E-state index contributed by atoms with van der Waals surface area (Å²) in [5.74, 6) is 0.648. The highest BCUT2D eigenvalue weighted by Gasteiger charge is 2.38. The van der Waals surface area contributed by atoms with Crippen LogP contribution in [0.3, 0.4) is 0 Å². The van der Waals surface area contributed by atoms with Crippen LogP contribution >= 0.6 is 11.6 Å². The molecule has 0 aliphatic carbocycles. The minimum absolute atomic E-state index is 0.0173. The van der Waals surface area contributed by atoms with E-state index in [4.69, 9.17) is 16.3 Å². The van der Waals surface area contributed by atoms with E-state index < -0.39 is 17.3 Å². The molecule has 1 aliphatic rings. The van der Waals surface area contributed by atoms with Crippen LogP contribution in [0.1, 0.15) is 54.0 Å². The Morgan fingerprint density at radius 3 is 2.19 bits per heavy atom. The van der Waals surface area contributed by atoms with E-state index in [0.717, 1.165) is 42.4 Å². The van der Waals surface area contributed by atoms with Gasteiger partial charge in [-0.25, -0.2) is 0 Å². The van der Waals surface area contributed by atoms with E-state index in [2.05, 4.69) is 22.0 Å². The van der Waals surface area contributed by atoms with Gasteiger partial charge in [0.2, 0.25) is 5.91 Å². The molecule has 0 saturated carbocycles. The second kappa shape index (κ2) is 16.5. The minimum atomic E-state index is -4.56. The Bertz CT molecular complexity index is 1570. The summed E-state index contributed by atoms with van der Waals surface area (Å²) in [5.41, 5.74) is 1.75. The first-order valence-corrected chi connectivity index (χ1v) is 16.9. The lowest BCUT2D eigenvalue weighted by molar-refractivity contribution is -0.137. The van der Waals surface area contributed by atoms with E-state index in [-0.39, 0.29) is 23.9 Å². The third kappa shape index (κ3) is 9.19. The molecule has 1 amide bonds. The zero-order valence-electron chi connectivity index (χ0n) is 27.3. The van der Waals surface area contributed by atoms with Gasteiger partial charge < -0.3 is 15.0 Å². The van der Waals surface area contributed by atoms with Gasteiger partial charge in [0.15, 0.2) is 0 Å². The van der Waals surface area contributed by atoms with Crippen molar-refractivity contribution in [2.45, 2.75) is 50.9 Å². The molecule has 1 heterocycles. The number of nitrogens with one attached hydrogen (secondary N) is 1. The first kappa shape index (κ1) is 35.5. The lowest BCUT2D eigenvalue weighted by Crippen LogP contribution is -2.45. The summed E-state index contributed by atoms with van der Waals surface area (Å²) in [5, 5.41) is 2.73. The summed E-state index contributed by atoms with van der Waals surface area (Å²) in [4.78, 5) is 17.1. The number of hydrogen-bond acceptors (Lipinski definition) is 4. The minimum Gasteiger partial charge on any atom is -0.494 e. The second-order valence-corrected chi connectivity index (χ2v) is 12.8. The van der Waals surface area contributed by atoms with E-state index in [1.807, 2.05) is 84.9 Å². The second-order valence-electron chi connectivity index (χ2n) is 12.4. The molecule has 0 spiro atoms. The van der Waals surface area contributed by atoms with Gasteiger partial charge in [-0.15, -0.1) is 0 Å². The van der Waals surface area contributed by atoms with Crippen molar-refractivity contribution in [1.29, 1.82) is 0 Å². The molecule has 4 aromatic carbocycles. The number of nitrogens with zero attached hydrogens (tertiary/aromatic N) is 2. The highest BCUT2D eigenvalue weighted by atomic mass is 35.5. The Balaban J connectivity index is 1.30. The SMILES string of the molecule is CC(c1ccccc1)(c1ccccc1)N(CCCOc1cccc(CC(=O)NCCN2CCCC2)c1)Cc1cccc(C(F)(F)F)c1Cl. The molecule has 254 valence electrons. The number of amides is 1. The summed E-state index contributed by atoms with van der Waals surface area (Å²) < 4.78 is 47.6. The number of rotatable bonds is 15. The number of carbonyl (C=O) groups is 1. The monoisotopic (exact) mass is 677 g/mol. The summed E-state index contributed by atoms with van der Waals surface area (Å²) in [6, 6.07) is 31.6. The number of carbonyl (C=O) groups excluding carboxylic acids is 1. The molecule has 1 aliphatic heterocycles. The molecule has 0 aromatic heterocycles. The molecule has 1 saturated heterocycles. The van der Waals surface area contributed by atoms with Crippen LogP contribution in [0.25, 0.3) is 0 Å². The Hall–Kier alpha value is -3.85. The van der Waals surface area contributed by atoms with Gasteiger partial charge in [-0.3, -0.25) is 9.69 Å². The van der Waals surface area contributed by atoms with Gasteiger partial charge in [-0.1, -0.05) is 96.5 Å². The van der Waals surface area contributed by atoms with Gasteiger partial charge in [-0.2, -0.15) is 13.2 Å². The Labute approximate surface area is 286 Å². The van der Waals surface area contributed by atoms with E-state index in [1.165, 1.54) is 18.9 Å². The average Bonchev–Trinajstić information content (AvgIpc) is 3.60. The summed E-state index contributed by atoms with van der Waals surface area (Å²) in [6.45, 7) is 6.88. The maximum absolute atomic E-state index is 13.8. The van der Waals surface area contributed by atoms with Crippen LogP contribution < -0.4 is 10.1 Å². The van der Waals surface area contributed by atoms with Crippen LogP contribution in [0.4, 0.5) is 13.2 Å². The standard InChI is InChI=1S/C39H43ClF3N3O2/c1-38(32-15-4-2-5-16-32,33-17-6-3-7-18-33)46(29-31-14-11-20-35(37(31)40)39(41,42)43)24-12-26-48-34-19-10-13-30(27-34)28-36(47)44-21-25-45-22-8-9-23-45/h2-7,10-11,13-20,27H,8-9,12,21-26,28-29H2,1H3,(H,44,47). The van der Waals surface area contributed by atoms with Gasteiger partial charge in [0.1, 0.15) is 5.75 Å². The van der Waals surface area contributed by atoms with Crippen molar-refractivity contribution in [2.75, 3.05) is 39.3 Å². The lowest BCUT2D eigenvalue weighted by Gasteiger charge is -2.43. The van der Waals surface area contributed by atoms with Gasteiger partial charge in [0, 0.05) is 26.2 Å². The molecule has 1 fully saturated rings. The number of hydrogen-bond donors (Lipinski definition) is 1. The van der Waals surface area contributed by atoms with Crippen molar-refractivity contribution in [3.8, 4) is 5.75 Å². The highest BCUT2D eigenvalue weighted by molar-refractivity contribution is 6.32. The van der Waals surface area contributed by atoms with Crippen molar-refractivity contribution in [3.63, 3.8) is 0 Å². The van der Waals surface area contributed by atoms with E-state index in [9.17, 15) is 18.0 Å². The van der Waals surface area contributed by atoms with Crippen molar-refractivity contribution in [3.05, 3.63) is 136 Å². The third-order valence-corrected chi connectivity index (χ3v) is 9.55. The van der Waals surface area contributed by atoms with Crippen LogP contribution in [0.15, 0.2) is 103 Å². The zero-order valence-corrected chi connectivity index (χ0v) is 28.1. The van der Waals surface area contributed by atoms with Crippen LogP contribution in [0.2, 0.25) is 5.02 Å². The van der Waals surface area contributed by atoms with E-state index in [0.29, 0.717) is 37.4 Å². The summed E-state index contributed by atoms with van der Waals surface area (Å²) >= 11 is 6.43. The summed E-state index contributed by atoms with van der Waals surface area (Å²) in [7, 11) is 0. The summed E-state index contributed by atoms with van der Waals surface area (Å²) in [6.07, 6.45) is -1.25. The first-order valence-electron chi connectivity index (χ1n) is 16.6. The molecule has 0 bridgehead atoms. The largest absolute Gasteiger partial charge is 0.494 e. The molecule has 5 rings (SSSR count). The molecule has 1 N–H and O–H groups in total. The number of likely N-dealkylation sites (tertiary alicyclic amines) is 1. The zero-order chi connectivity index (χ0) is 34.0. The van der Waals surface area contributed by atoms with E-state index in [1.54, 1.807) is 6.07 Å². The fourth-order valence-corrected chi connectivity index (χ4v) is 6.74. The van der Waals surface area contributed by atoms with Crippen LogP contribution in [-0.2, 0) is 29.5 Å². The molecular weight excluding hydrogens is 635 g/mol. The number of halogens is 4. The van der Waals surface area contributed by atoms with E-state index >= 15 is 0 Å². The van der Waals surface area contributed by atoms with Gasteiger partial charge >= 0.3 is 6.18 Å². The van der Waals surface area contributed by atoms with Crippen LogP contribution in [-0.4, -0.2) is 55.0 Å². The number of alkyl halides is 3. The smallest absolute Gasteiger partial charge is 0.417 e. The van der Waals surface area contributed by atoms with Crippen molar-refractivity contribution in [2.24, 2.45) is 0 Å². The molecule has 0 radical (unpaired) electrons. The van der Waals surface area contributed by atoms with Gasteiger partial charge in [0.05, 0.1) is 29.2 Å².